The minimum atomic E-state index is -1.22. The lowest BCUT2D eigenvalue weighted by molar-refractivity contribution is -0.671. The van der Waals surface area contributed by atoms with Gasteiger partial charge in [0.25, 0.3) is 0 Å². The van der Waals surface area contributed by atoms with Crippen molar-refractivity contribution in [2.24, 2.45) is 12.8 Å². The van der Waals surface area contributed by atoms with Crippen molar-refractivity contribution in [3.8, 4) is 0 Å². The fraction of sp³-hybridized carbons (Fsp3) is 0.125. The van der Waals surface area contributed by atoms with E-state index in [9.17, 15) is 0 Å². The first-order valence-corrected chi connectivity index (χ1v) is 6.40. The van der Waals surface area contributed by atoms with Crippen molar-refractivity contribution in [1.29, 1.82) is 0 Å². The number of anilines is 1. The van der Waals surface area contributed by atoms with Gasteiger partial charge < -0.3 is 21.4 Å². The van der Waals surface area contributed by atoms with Crippen LogP contribution in [0.4, 0.5) is 5.69 Å². The highest BCUT2D eigenvalue weighted by atomic mass is 16.4. The lowest BCUT2D eigenvalue weighted by Crippen LogP contribution is -2.30. The number of carbonyl (C=O) groups excluding carboxylic acids is 1. The summed E-state index contributed by atoms with van der Waals surface area (Å²) in [5.74, 6) is -1.22. The van der Waals surface area contributed by atoms with Gasteiger partial charge in [0.1, 0.15) is 7.05 Å². The van der Waals surface area contributed by atoms with Gasteiger partial charge in [0.05, 0.1) is 5.97 Å². The molecule has 0 amide bonds. The first-order chi connectivity index (χ1) is 10.0. The molecule has 0 fully saturated rings. The highest BCUT2D eigenvalue weighted by Gasteiger charge is 1.91. The SMILES string of the molecule is C[n+]1ccc(C=Cc2ccc(N)cc2)cc1.NCC(=O)[O-]. The van der Waals surface area contributed by atoms with Gasteiger partial charge >= 0.3 is 0 Å². The Kier molecular flexibility index (Phi) is 6.63. The zero-order valence-electron chi connectivity index (χ0n) is 11.9. The van der Waals surface area contributed by atoms with E-state index >= 15 is 0 Å². The van der Waals surface area contributed by atoms with Crippen molar-refractivity contribution in [3.05, 3.63) is 59.9 Å². The van der Waals surface area contributed by atoms with Gasteiger partial charge in [0.15, 0.2) is 12.4 Å². The fourth-order valence-electron chi connectivity index (χ4n) is 1.42. The van der Waals surface area contributed by atoms with Crippen molar-refractivity contribution >= 4 is 23.8 Å². The largest absolute Gasteiger partial charge is 0.549 e. The van der Waals surface area contributed by atoms with Crippen LogP contribution in [-0.4, -0.2) is 12.5 Å². The Morgan fingerprint density at radius 3 is 1.95 bits per heavy atom. The van der Waals surface area contributed by atoms with E-state index in [1.165, 1.54) is 5.56 Å². The molecule has 0 spiro atoms. The lowest BCUT2D eigenvalue weighted by atomic mass is 10.1. The third-order valence-corrected chi connectivity index (χ3v) is 2.58. The second kappa shape index (κ2) is 8.50. The number of carbonyl (C=O) groups is 1. The van der Waals surface area contributed by atoms with Gasteiger partial charge in [-0.2, -0.15) is 0 Å². The molecule has 0 saturated heterocycles. The van der Waals surface area contributed by atoms with E-state index in [2.05, 4.69) is 30.0 Å². The molecule has 0 aliphatic carbocycles. The minimum Gasteiger partial charge on any atom is -0.549 e. The number of pyridine rings is 1. The van der Waals surface area contributed by atoms with E-state index in [-0.39, 0.29) is 6.54 Å². The summed E-state index contributed by atoms with van der Waals surface area (Å²) in [7, 11) is 2.01. The van der Waals surface area contributed by atoms with E-state index in [0.29, 0.717) is 0 Å². The van der Waals surface area contributed by atoms with Crippen molar-refractivity contribution in [2.45, 2.75) is 0 Å². The predicted octanol–water partition coefficient (Wildman–Crippen LogP) is -0.0413. The minimum absolute atomic E-state index is 0.389. The molecule has 0 bridgehead atoms. The third kappa shape index (κ3) is 6.89. The molecule has 4 N–H and O–H groups in total. The zero-order chi connectivity index (χ0) is 15.7. The maximum atomic E-state index is 9.13. The molecule has 5 heteroatoms. The molecule has 2 aromatic rings. The number of rotatable bonds is 3. The summed E-state index contributed by atoms with van der Waals surface area (Å²) in [6.07, 6.45) is 8.23. The molecule has 5 nitrogen and oxygen atoms in total. The van der Waals surface area contributed by atoms with Crippen LogP contribution >= 0.6 is 0 Å². The Labute approximate surface area is 124 Å². The van der Waals surface area contributed by atoms with Crippen LogP contribution in [0.3, 0.4) is 0 Å². The third-order valence-electron chi connectivity index (χ3n) is 2.58. The number of carboxylic acid groups (broad SMARTS) is 1. The Morgan fingerprint density at radius 1 is 1.10 bits per heavy atom. The summed E-state index contributed by atoms with van der Waals surface area (Å²) in [5, 5.41) is 9.13. The Hall–Kier alpha value is -2.66. The first-order valence-electron chi connectivity index (χ1n) is 6.40. The average molecular weight is 285 g/mol. The monoisotopic (exact) mass is 285 g/mol. The number of nitrogens with zero attached hydrogens (tertiary/aromatic N) is 1. The topological polar surface area (TPSA) is 96.1 Å². The van der Waals surface area contributed by atoms with E-state index < -0.39 is 5.97 Å². The van der Waals surface area contributed by atoms with Gasteiger partial charge in [-0.1, -0.05) is 24.3 Å². The van der Waals surface area contributed by atoms with Crippen LogP contribution in [0.1, 0.15) is 11.1 Å². The van der Waals surface area contributed by atoms with Crippen molar-refractivity contribution in [1.82, 2.24) is 0 Å². The summed E-state index contributed by atoms with van der Waals surface area (Å²) in [6.45, 7) is -0.389. The van der Waals surface area contributed by atoms with Crippen LogP contribution in [-0.2, 0) is 11.8 Å². The van der Waals surface area contributed by atoms with Crippen molar-refractivity contribution < 1.29 is 14.5 Å². The standard InChI is InChI=1S/C14H14N2.C2H5NO2/c1-16-10-8-13(9-11-16)3-2-12-4-6-14(15)7-5-12;3-1-2(4)5/h2-11,15H,1H3;1,3H2,(H,4,5). The number of carboxylic acids is 1. The van der Waals surface area contributed by atoms with E-state index in [4.69, 9.17) is 15.6 Å². The molecular formula is C16H19N3O2. The Bertz CT molecular complexity index is 542. The van der Waals surface area contributed by atoms with Gasteiger partial charge in [-0.25, -0.2) is 4.57 Å². The molecule has 2 rings (SSSR count). The summed E-state index contributed by atoms with van der Waals surface area (Å²) >= 11 is 0. The van der Waals surface area contributed by atoms with E-state index in [1.54, 1.807) is 0 Å². The van der Waals surface area contributed by atoms with Gasteiger partial charge in [-0.15, -0.1) is 0 Å². The number of nitrogens with two attached hydrogens (primary N) is 2. The van der Waals surface area contributed by atoms with Crippen LogP contribution in [0, 0.1) is 0 Å². The molecule has 0 saturated carbocycles. The van der Waals surface area contributed by atoms with Crippen LogP contribution in [0.5, 0.6) is 0 Å². The highest BCUT2D eigenvalue weighted by molar-refractivity contribution is 5.69. The summed E-state index contributed by atoms with van der Waals surface area (Å²) < 4.78 is 2.01. The molecule has 1 heterocycles. The number of nitrogen functional groups attached to an aromatic ring is 1. The molecule has 1 aromatic carbocycles. The molecule has 0 aliphatic heterocycles. The number of hydrogen-bond donors (Lipinski definition) is 2. The molecule has 0 radical (unpaired) electrons. The van der Waals surface area contributed by atoms with Gasteiger partial charge in [0.2, 0.25) is 0 Å². The smallest absolute Gasteiger partial charge is 0.169 e. The van der Waals surface area contributed by atoms with Gasteiger partial charge in [-0.3, -0.25) is 0 Å². The highest BCUT2D eigenvalue weighted by Crippen LogP contribution is 2.09. The number of aryl methyl sites for hydroxylation is 1. The van der Waals surface area contributed by atoms with Gasteiger partial charge in [-0.05, 0) is 23.3 Å². The molecule has 21 heavy (non-hydrogen) atoms. The maximum absolute atomic E-state index is 9.13. The quantitative estimate of drug-likeness (QED) is 0.611. The van der Waals surface area contributed by atoms with Crippen LogP contribution in [0.25, 0.3) is 12.2 Å². The van der Waals surface area contributed by atoms with E-state index in [0.717, 1.165) is 11.3 Å². The van der Waals surface area contributed by atoms with Crippen molar-refractivity contribution in [2.75, 3.05) is 12.3 Å². The number of benzene rings is 1. The summed E-state index contributed by atoms with van der Waals surface area (Å²) in [4.78, 5) is 9.13. The average Bonchev–Trinajstić information content (AvgIpc) is 2.49. The molecule has 0 unspecified atom stereocenters. The van der Waals surface area contributed by atoms with E-state index in [1.807, 2.05) is 48.3 Å². The van der Waals surface area contributed by atoms with Gasteiger partial charge in [0, 0.05) is 24.4 Å². The summed E-state index contributed by atoms with van der Waals surface area (Å²) in [5.41, 5.74) is 13.3. The number of hydrogen-bond acceptors (Lipinski definition) is 4. The second-order valence-corrected chi connectivity index (χ2v) is 4.37. The molecule has 0 aliphatic rings. The molecule has 110 valence electrons. The molecular weight excluding hydrogens is 266 g/mol. The number of aromatic nitrogens is 1. The summed E-state index contributed by atoms with van der Waals surface area (Å²) in [6, 6.07) is 12.0. The first kappa shape index (κ1) is 16.4. The van der Waals surface area contributed by atoms with Crippen LogP contribution in [0.15, 0.2) is 48.8 Å². The lowest BCUT2D eigenvalue weighted by Gasteiger charge is -1.95. The molecule has 0 atom stereocenters. The molecule has 1 aromatic heterocycles. The van der Waals surface area contributed by atoms with Crippen LogP contribution in [0.2, 0.25) is 0 Å². The normalized spacial score (nSPS) is 10.0. The predicted molar refractivity (Wildman–Crippen MR) is 81.5 cm³/mol. The Morgan fingerprint density at radius 2 is 1.52 bits per heavy atom. The zero-order valence-corrected chi connectivity index (χ0v) is 11.9. The number of aliphatic carboxylic acids is 1. The second-order valence-electron chi connectivity index (χ2n) is 4.37. The fourth-order valence-corrected chi connectivity index (χ4v) is 1.42. The maximum Gasteiger partial charge on any atom is 0.169 e. The van der Waals surface area contributed by atoms with Crippen molar-refractivity contribution in [3.63, 3.8) is 0 Å². The Balaban J connectivity index is 0.000000383. The van der Waals surface area contributed by atoms with Crippen LogP contribution < -0.4 is 21.1 Å².